The van der Waals surface area contributed by atoms with E-state index in [1.54, 1.807) is 12.1 Å². The molecule has 10 heteroatoms. The molecule has 0 amide bonds. The van der Waals surface area contributed by atoms with E-state index < -0.39 is 40.4 Å². The van der Waals surface area contributed by atoms with Crippen LogP contribution in [0.4, 0.5) is 0 Å². The van der Waals surface area contributed by atoms with Gasteiger partial charge in [0.2, 0.25) is 0 Å². The summed E-state index contributed by atoms with van der Waals surface area (Å²) in [5, 5.41) is 34.4. The molecule has 1 aliphatic heterocycles. The Bertz CT molecular complexity index is 1320. The first-order chi connectivity index (χ1) is 17.0. The van der Waals surface area contributed by atoms with Crippen molar-refractivity contribution in [1.82, 2.24) is 5.32 Å². The van der Waals surface area contributed by atoms with Crippen LogP contribution >= 0.6 is 0 Å². The van der Waals surface area contributed by atoms with Crippen molar-refractivity contribution in [2.75, 3.05) is 13.2 Å². The van der Waals surface area contributed by atoms with Crippen LogP contribution in [0, 0.1) is 6.92 Å². The molecule has 0 radical (unpaired) electrons. The van der Waals surface area contributed by atoms with Crippen LogP contribution in [0.15, 0.2) is 45.9 Å². The van der Waals surface area contributed by atoms with E-state index >= 15 is 0 Å². The number of ketones is 3. The van der Waals surface area contributed by atoms with Crippen LogP contribution in [0.2, 0.25) is 0 Å². The number of phenols is 2. The monoisotopic (exact) mass is 497 g/mol. The molecule has 0 saturated heterocycles. The predicted octanol–water partition coefficient (Wildman–Crippen LogP) is 2.33. The first kappa shape index (κ1) is 25.2. The number of phenolic OH excluding ortho intramolecular Hbond substituents is 2. The minimum Gasteiger partial charge on any atom is -0.507 e. The van der Waals surface area contributed by atoms with Gasteiger partial charge in [0.1, 0.15) is 46.4 Å². The number of carbonyl (C=O) groups is 3. The van der Waals surface area contributed by atoms with Gasteiger partial charge in [0, 0.05) is 23.9 Å². The van der Waals surface area contributed by atoms with Gasteiger partial charge < -0.3 is 34.5 Å². The van der Waals surface area contributed by atoms with E-state index in [4.69, 9.17) is 13.9 Å². The number of aliphatic hydroxyl groups is 1. The standard InChI is InChI=1S/C26H27NO9/c1-12-22(31)20(14(3)28)24-21(23(12)32)26(4)18(36-24)8-17(30)19(25(26)33)13(2)27-9-15(29)10-34-11-16-6-5-7-35-16/h5-8,15,27,29,31-32H,9-11H2,1-4H3/b19-13+/t15?,26-/m0/s1. The Kier molecular flexibility index (Phi) is 6.50. The predicted molar refractivity (Wildman–Crippen MR) is 126 cm³/mol. The summed E-state index contributed by atoms with van der Waals surface area (Å²) >= 11 is 0. The molecular weight excluding hydrogens is 470 g/mol. The van der Waals surface area contributed by atoms with Gasteiger partial charge in [-0.3, -0.25) is 14.4 Å². The molecular formula is C26H27NO9. The number of fused-ring (bicyclic) bond motifs is 3. The number of aliphatic hydroxyl groups excluding tert-OH is 1. The molecule has 4 rings (SSSR count). The molecule has 0 saturated carbocycles. The van der Waals surface area contributed by atoms with Gasteiger partial charge in [0.25, 0.3) is 0 Å². The first-order valence-corrected chi connectivity index (χ1v) is 11.3. The smallest absolute Gasteiger partial charge is 0.194 e. The van der Waals surface area contributed by atoms with Gasteiger partial charge in [-0.25, -0.2) is 0 Å². The average Bonchev–Trinajstić information content (AvgIpc) is 3.43. The quantitative estimate of drug-likeness (QED) is 0.243. The van der Waals surface area contributed by atoms with Crippen molar-refractivity contribution in [3.63, 3.8) is 0 Å². The van der Waals surface area contributed by atoms with E-state index in [1.807, 2.05) is 0 Å². The average molecular weight is 498 g/mol. The van der Waals surface area contributed by atoms with Gasteiger partial charge in [-0.2, -0.15) is 0 Å². The van der Waals surface area contributed by atoms with Gasteiger partial charge in [0.15, 0.2) is 17.3 Å². The Morgan fingerprint density at radius 2 is 1.94 bits per heavy atom. The number of hydrogen-bond acceptors (Lipinski definition) is 10. The maximum Gasteiger partial charge on any atom is 0.194 e. The number of Topliss-reactive ketones (excluding diaryl/α,β-unsaturated/α-hetero) is 2. The highest BCUT2D eigenvalue weighted by atomic mass is 16.5. The molecule has 2 atom stereocenters. The van der Waals surface area contributed by atoms with Crippen molar-refractivity contribution in [3.05, 3.63) is 64.0 Å². The normalized spacial score (nSPS) is 20.9. The molecule has 1 aromatic heterocycles. The zero-order valence-electron chi connectivity index (χ0n) is 20.3. The van der Waals surface area contributed by atoms with Gasteiger partial charge in [0.05, 0.1) is 30.1 Å². The molecule has 190 valence electrons. The molecule has 1 aliphatic carbocycles. The lowest BCUT2D eigenvalue weighted by molar-refractivity contribution is -0.123. The third-order valence-electron chi connectivity index (χ3n) is 6.50. The molecule has 0 bridgehead atoms. The molecule has 2 aromatic rings. The number of allylic oxidation sites excluding steroid dienone is 4. The lowest BCUT2D eigenvalue weighted by Crippen LogP contribution is -2.41. The Morgan fingerprint density at radius 3 is 2.58 bits per heavy atom. The second kappa shape index (κ2) is 9.29. The van der Waals surface area contributed by atoms with Crippen LogP contribution in [0.5, 0.6) is 17.2 Å². The van der Waals surface area contributed by atoms with Crippen molar-refractivity contribution in [2.24, 2.45) is 0 Å². The maximum absolute atomic E-state index is 13.7. The number of ether oxygens (including phenoxy) is 2. The fraction of sp³-hybridized carbons (Fsp3) is 0.346. The fourth-order valence-corrected chi connectivity index (χ4v) is 4.47. The van der Waals surface area contributed by atoms with Gasteiger partial charge >= 0.3 is 0 Å². The highest BCUT2D eigenvalue weighted by molar-refractivity contribution is 6.31. The third-order valence-corrected chi connectivity index (χ3v) is 6.50. The summed E-state index contributed by atoms with van der Waals surface area (Å²) in [6, 6.07) is 3.47. The van der Waals surface area contributed by atoms with Crippen LogP contribution in [0.1, 0.15) is 48.0 Å². The Morgan fingerprint density at radius 1 is 1.22 bits per heavy atom. The van der Waals surface area contributed by atoms with Crippen LogP contribution in [0.3, 0.4) is 0 Å². The lowest BCUT2D eigenvalue weighted by Gasteiger charge is -2.29. The van der Waals surface area contributed by atoms with Crippen LogP contribution in [0.25, 0.3) is 0 Å². The first-order valence-electron chi connectivity index (χ1n) is 11.3. The fourth-order valence-electron chi connectivity index (χ4n) is 4.47. The minimum atomic E-state index is -1.60. The number of benzene rings is 1. The lowest BCUT2D eigenvalue weighted by atomic mass is 9.70. The molecule has 1 aromatic carbocycles. The Hall–Kier alpha value is -3.89. The third kappa shape index (κ3) is 3.98. The van der Waals surface area contributed by atoms with Crippen molar-refractivity contribution in [2.45, 2.75) is 45.8 Å². The molecule has 36 heavy (non-hydrogen) atoms. The van der Waals surface area contributed by atoms with E-state index in [2.05, 4.69) is 5.32 Å². The summed E-state index contributed by atoms with van der Waals surface area (Å²) < 4.78 is 16.3. The van der Waals surface area contributed by atoms with Gasteiger partial charge in [-0.05, 0) is 39.8 Å². The van der Waals surface area contributed by atoms with E-state index in [0.717, 1.165) is 6.08 Å². The zero-order chi connectivity index (χ0) is 26.4. The number of hydrogen-bond donors (Lipinski definition) is 4. The SMILES string of the molecule is CC(=O)c1c(O)c(C)c(O)c2c1OC1=CC(=O)/C(=C(/C)NCC(O)COCc3ccco3)C(=O)[C@@]12C. The Labute approximate surface area is 206 Å². The summed E-state index contributed by atoms with van der Waals surface area (Å²) in [4.78, 5) is 38.9. The topological polar surface area (TPSA) is 156 Å². The minimum absolute atomic E-state index is 0.00113. The van der Waals surface area contributed by atoms with E-state index in [0.29, 0.717) is 5.76 Å². The molecule has 1 unspecified atom stereocenters. The van der Waals surface area contributed by atoms with E-state index in [9.17, 15) is 29.7 Å². The summed E-state index contributed by atoms with van der Waals surface area (Å²) in [6.45, 7) is 5.84. The molecule has 2 aliphatic rings. The molecule has 0 spiro atoms. The highest BCUT2D eigenvalue weighted by Crippen LogP contribution is 2.57. The number of carbonyl (C=O) groups excluding carboxylic acids is 3. The number of furan rings is 1. The largest absolute Gasteiger partial charge is 0.507 e. The second-order valence-electron chi connectivity index (χ2n) is 9.02. The summed E-state index contributed by atoms with van der Waals surface area (Å²) in [7, 11) is 0. The maximum atomic E-state index is 13.7. The number of nitrogens with one attached hydrogen (secondary N) is 1. The summed E-state index contributed by atoms with van der Waals surface area (Å²) in [5.41, 5.74) is -1.68. The van der Waals surface area contributed by atoms with Crippen LogP contribution < -0.4 is 10.1 Å². The molecule has 4 N–H and O–H groups in total. The van der Waals surface area contributed by atoms with Crippen molar-refractivity contribution in [3.8, 4) is 17.2 Å². The van der Waals surface area contributed by atoms with Crippen LogP contribution in [-0.2, 0) is 26.3 Å². The molecule has 0 fully saturated rings. The summed E-state index contributed by atoms with van der Waals surface area (Å²) in [6.07, 6.45) is 1.72. The van der Waals surface area contributed by atoms with E-state index in [-0.39, 0.29) is 59.2 Å². The van der Waals surface area contributed by atoms with Crippen molar-refractivity contribution in [1.29, 1.82) is 0 Å². The van der Waals surface area contributed by atoms with E-state index in [1.165, 1.54) is 34.0 Å². The Balaban J connectivity index is 1.60. The highest BCUT2D eigenvalue weighted by Gasteiger charge is 2.56. The van der Waals surface area contributed by atoms with Crippen LogP contribution in [-0.4, -0.2) is 51.9 Å². The van der Waals surface area contributed by atoms with Gasteiger partial charge in [-0.15, -0.1) is 0 Å². The second-order valence-corrected chi connectivity index (χ2v) is 9.02. The number of rotatable bonds is 8. The zero-order valence-corrected chi connectivity index (χ0v) is 20.3. The van der Waals surface area contributed by atoms with Gasteiger partial charge in [-0.1, -0.05) is 0 Å². The molecule has 10 nitrogen and oxygen atoms in total. The molecule has 2 heterocycles. The van der Waals surface area contributed by atoms with Crippen molar-refractivity contribution < 1.29 is 43.6 Å². The van der Waals surface area contributed by atoms with Crippen molar-refractivity contribution >= 4 is 17.3 Å². The number of aromatic hydroxyl groups is 2. The summed E-state index contributed by atoms with van der Waals surface area (Å²) in [5.74, 6) is -2.21.